The average Bonchev–Trinajstić information content (AvgIpc) is 2.84. The molecule has 0 aliphatic rings. The van der Waals surface area contributed by atoms with E-state index in [4.69, 9.17) is 9.78 Å². The molecule has 0 unspecified atom stereocenters. The Bertz CT molecular complexity index is 675. The SMILES string of the molecule is Cc1nc(CCNc2ccc([N+](=O)[O-])c(C#N)n2)no1. The van der Waals surface area contributed by atoms with E-state index in [-0.39, 0.29) is 11.4 Å². The third-order valence-corrected chi connectivity index (χ3v) is 2.40. The van der Waals surface area contributed by atoms with E-state index >= 15 is 0 Å². The smallest absolute Gasteiger partial charge is 0.305 e. The summed E-state index contributed by atoms with van der Waals surface area (Å²) in [5.74, 6) is 1.42. The topological polar surface area (TPSA) is 131 Å². The van der Waals surface area contributed by atoms with Crippen molar-refractivity contribution in [2.24, 2.45) is 0 Å². The molecule has 2 rings (SSSR count). The highest BCUT2D eigenvalue weighted by molar-refractivity contribution is 5.50. The first-order chi connectivity index (χ1) is 9.60. The minimum Gasteiger partial charge on any atom is -0.370 e. The average molecular weight is 274 g/mol. The maximum atomic E-state index is 10.7. The minimum absolute atomic E-state index is 0.226. The first-order valence-corrected chi connectivity index (χ1v) is 5.68. The van der Waals surface area contributed by atoms with Crippen LogP contribution in [0.5, 0.6) is 0 Å². The van der Waals surface area contributed by atoms with Gasteiger partial charge in [0, 0.05) is 26.0 Å². The molecule has 0 saturated heterocycles. The molecule has 20 heavy (non-hydrogen) atoms. The molecule has 0 aromatic carbocycles. The van der Waals surface area contributed by atoms with Crippen molar-refractivity contribution in [1.82, 2.24) is 15.1 Å². The number of nitrogens with one attached hydrogen (secondary N) is 1. The van der Waals surface area contributed by atoms with E-state index in [1.54, 1.807) is 13.0 Å². The highest BCUT2D eigenvalue weighted by Gasteiger charge is 2.15. The van der Waals surface area contributed by atoms with Crippen molar-refractivity contribution in [2.45, 2.75) is 13.3 Å². The molecule has 0 radical (unpaired) electrons. The van der Waals surface area contributed by atoms with Crippen LogP contribution >= 0.6 is 0 Å². The molecule has 9 heteroatoms. The molecule has 0 spiro atoms. The molecule has 0 aliphatic carbocycles. The Balaban J connectivity index is 2.00. The lowest BCUT2D eigenvalue weighted by atomic mass is 10.3. The minimum atomic E-state index is -0.641. The van der Waals surface area contributed by atoms with Crippen LogP contribution in [-0.2, 0) is 6.42 Å². The second-order valence-corrected chi connectivity index (χ2v) is 3.84. The van der Waals surface area contributed by atoms with Crippen LogP contribution in [0.15, 0.2) is 16.7 Å². The zero-order chi connectivity index (χ0) is 14.5. The van der Waals surface area contributed by atoms with Gasteiger partial charge in [0.2, 0.25) is 11.6 Å². The standard InChI is InChI=1S/C11H10N6O3/c1-7-14-11(16-20-7)4-5-13-10-3-2-9(17(18)19)8(6-12)15-10/h2-3H,4-5H2,1H3,(H,13,15). The number of aryl methyl sites for hydroxylation is 1. The van der Waals surface area contributed by atoms with Crippen LogP contribution in [0.2, 0.25) is 0 Å². The fourth-order valence-electron chi connectivity index (χ4n) is 1.53. The number of aromatic nitrogens is 3. The van der Waals surface area contributed by atoms with E-state index < -0.39 is 4.92 Å². The molecule has 0 amide bonds. The highest BCUT2D eigenvalue weighted by atomic mass is 16.6. The largest absolute Gasteiger partial charge is 0.370 e. The Hall–Kier alpha value is -3.02. The number of nitriles is 1. The van der Waals surface area contributed by atoms with E-state index in [1.165, 1.54) is 12.1 Å². The van der Waals surface area contributed by atoms with E-state index in [2.05, 4.69) is 20.4 Å². The van der Waals surface area contributed by atoms with E-state index in [9.17, 15) is 10.1 Å². The zero-order valence-corrected chi connectivity index (χ0v) is 10.5. The van der Waals surface area contributed by atoms with Crippen molar-refractivity contribution in [3.8, 4) is 6.07 Å². The Morgan fingerprint density at radius 2 is 2.30 bits per heavy atom. The van der Waals surface area contributed by atoms with Crippen LogP contribution in [-0.4, -0.2) is 26.6 Å². The number of rotatable bonds is 5. The molecule has 0 atom stereocenters. The van der Waals surface area contributed by atoms with Crippen molar-refractivity contribution in [3.05, 3.63) is 39.7 Å². The molecule has 0 bridgehead atoms. The second kappa shape index (κ2) is 5.75. The summed E-state index contributed by atoms with van der Waals surface area (Å²) in [7, 11) is 0. The molecule has 2 heterocycles. The number of anilines is 1. The lowest BCUT2D eigenvalue weighted by molar-refractivity contribution is -0.385. The molecular formula is C11H10N6O3. The van der Waals surface area contributed by atoms with Gasteiger partial charge in [-0.2, -0.15) is 10.2 Å². The Morgan fingerprint density at radius 1 is 1.50 bits per heavy atom. The molecule has 102 valence electrons. The summed E-state index contributed by atoms with van der Waals surface area (Å²) in [5.41, 5.74) is -0.540. The Morgan fingerprint density at radius 3 is 2.90 bits per heavy atom. The Kier molecular flexibility index (Phi) is 3.85. The zero-order valence-electron chi connectivity index (χ0n) is 10.5. The lowest BCUT2D eigenvalue weighted by Crippen LogP contribution is -2.08. The quantitative estimate of drug-likeness (QED) is 0.635. The van der Waals surface area contributed by atoms with Crippen LogP contribution in [0.3, 0.4) is 0 Å². The highest BCUT2D eigenvalue weighted by Crippen LogP contribution is 2.17. The van der Waals surface area contributed by atoms with Gasteiger partial charge in [0.1, 0.15) is 11.9 Å². The van der Waals surface area contributed by atoms with Crippen LogP contribution in [0.1, 0.15) is 17.4 Å². The molecule has 2 aromatic rings. The summed E-state index contributed by atoms with van der Waals surface area (Å²) < 4.78 is 4.82. The third-order valence-electron chi connectivity index (χ3n) is 2.40. The summed E-state index contributed by atoms with van der Waals surface area (Å²) in [6.07, 6.45) is 0.512. The predicted octanol–water partition coefficient (Wildman–Crippen LogP) is 1.21. The number of hydrogen-bond donors (Lipinski definition) is 1. The Labute approximate surface area is 113 Å². The maximum absolute atomic E-state index is 10.7. The fraction of sp³-hybridized carbons (Fsp3) is 0.273. The predicted molar refractivity (Wildman–Crippen MR) is 66.8 cm³/mol. The molecular weight excluding hydrogens is 264 g/mol. The number of hydrogen-bond acceptors (Lipinski definition) is 8. The molecule has 9 nitrogen and oxygen atoms in total. The second-order valence-electron chi connectivity index (χ2n) is 3.84. The first-order valence-electron chi connectivity index (χ1n) is 5.68. The number of nitro groups is 1. The first kappa shape index (κ1) is 13.4. The third kappa shape index (κ3) is 3.05. The van der Waals surface area contributed by atoms with Gasteiger partial charge in [-0.25, -0.2) is 4.98 Å². The fourth-order valence-corrected chi connectivity index (χ4v) is 1.53. The maximum Gasteiger partial charge on any atom is 0.305 e. The van der Waals surface area contributed by atoms with Crippen molar-refractivity contribution < 1.29 is 9.45 Å². The van der Waals surface area contributed by atoms with Crippen LogP contribution < -0.4 is 5.32 Å². The van der Waals surface area contributed by atoms with E-state index in [0.29, 0.717) is 30.5 Å². The van der Waals surface area contributed by atoms with Gasteiger partial charge >= 0.3 is 5.69 Å². The van der Waals surface area contributed by atoms with Gasteiger partial charge in [-0.1, -0.05) is 5.16 Å². The van der Waals surface area contributed by atoms with Gasteiger partial charge in [-0.05, 0) is 6.07 Å². The molecule has 2 aromatic heterocycles. The van der Waals surface area contributed by atoms with Gasteiger partial charge in [0.25, 0.3) is 0 Å². The van der Waals surface area contributed by atoms with E-state index in [0.717, 1.165) is 0 Å². The lowest BCUT2D eigenvalue weighted by Gasteiger charge is -2.03. The van der Waals surface area contributed by atoms with Gasteiger partial charge < -0.3 is 9.84 Å². The molecule has 0 aliphatic heterocycles. The summed E-state index contributed by atoms with van der Waals surface area (Å²) in [6.45, 7) is 2.16. The normalized spacial score (nSPS) is 10.0. The van der Waals surface area contributed by atoms with Crippen molar-refractivity contribution in [1.29, 1.82) is 5.26 Å². The molecule has 0 fully saturated rings. The molecule has 1 N–H and O–H groups in total. The van der Waals surface area contributed by atoms with Gasteiger partial charge in [-0.3, -0.25) is 10.1 Å². The van der Waals surface area contributed by atoms with E-state index in [1.807, 2.05) is 0 Å². The van der Waals surface area contributed by atoms with Gasteiger partial charge in [-0.15, -0.1) is 0 Å². The van der Waals surface area contributed by atoms with Gasteiger partial charge in [0.15, 0.2) is 5.82 Å². The van der Waals surface area contributed by atoms with Crippen LogP contribution in [0, 0.1) is 28.4 Å². The summed E-state index contributed by atoms with van der Waals surface area (Å²) in [6, 6.07) is 4.38. The van der Waals surface area contributed by atoms with Crippen molar-refractivity contribution in [3.63, 3.8) is 0 Å². The molecule has 0 saturated carbocycles. The van der Waals surface area contributed by atoms with Crippen LogP contribution in [0.25, 0.3) is 0 Å². The summed E-state index contributed by atoms with van der Waals surface area (Å²) in [5, 5.41) is 26.1. The monoisotopic (exact) mass is 274 g/mol. The van der Waals surface area contributed by atoms with Crippen LogP contribution in [0.4, 0.5) is 11.5 Å². The van der Waals surface area contributed by atoms with Crippen molar-refractivity contribution in [2.75, 3.05) is 11.9 Å². The van der Waals surface area contributed by atoms with Crippen molar-refractivity contribution >= 4 is 11.5 Å². The number of nitrogens with zero attached hydrogens (tertiary/aromatic N) is 5. The number of pyridine rings is 1. The van der Waals surface area contributed by atoms with Gasteiger partial charge in [0.05, 0.1) is 4.92 Å². The summed E-state index contributed by atoms with van der Waals surface area (Å²) in [4.78, 5) is 17.9. The summed E-state index contributed by atoms with van der Waals surface area (Å²) >= 11 is 0.